The molecule has 0 aliphatic heterocycles. The third-order valence-electron chi connectivity index (χ3n) is 2.62. The molecule has 1 heterocycles. The van der Waals surface area contributed by atoms with Gasteiger partial charge in [-0.3, -0.25) is 0 Å². The summed E-state index contributed by atoms with van der Waals surface area (Å²) in [5.41, 5.74) is 8.61. The van der Waals surface area contributed by atoms with Crippen molar-refractivity contribution in [3.8, 4) is 11.3 Å². The number of hydrogen-bond acceptors (Lipinski definition) is 3. The average Bonchev–Trinajstić information content (AvgIpc) is 2.63. The first-order valence-electron chi connectivity index (χ1n) is 5.05. The number of rotatable bonds is 2. The van der Waals surface area contributed by atoms with Crippen molar-refractivity contribution in [1.29, 1.82) is 0 Å². The summed E-state index contributed by atoms with van der Waals surface area (Å²) in [6.07, 6.45) is 0. The van der Waals surface area contributed by atoms with E-state index in [0.717, 1.165) is 11.1 Å². The van der Waals surface area contributed by atoms with Gasteiger partial charge < -0.3 is 10.3 Å². The van der Waals surface area contributed by atoms with Gasteiger partial charge in [-0.05, 0) is 37.6 Å². The Hall–Kier alpha value is -1.68. The van der Waals surface area contributed by atoms with Gasteiger partial charge in [0.15, 0.2) is 0 Å². The number of benzene rings is 1. The molecule has 1 aromatic carbocycles. The van der Waals surface area contributed by atoms with E-state index in [4.69, 9.17) is 10.3 Å². The van der Waals surface area contributed by atoms with E-state index in [2.05, 4.69) is 5.16 Å². The lowest BCUT2D eigenvalue weighted by Gasteiger charge is -2.02. The summed E-state index contributed by atoms with van der Waals surface area (Å²) in [6.45, 7) is 3.89. The molecule has 0 amide bonds. The molecule has 0 bridgehead atoms. The summed E-state index contributed by atoms with van der Waals surface area (Å²) >= 11 is 0. The van der Waals surface area contributed by atoms with E-state index in [1.165, 1.54) is 6.07 Å². The van der Waals surface area contributed by atoms with Gasteiger partial charge in [0.2, 0.25) is 0 Å². The number of halogens is 1. The number of aromatic nitrogens is 1. The summed E-state index contributed by atoms with van der Waals surface area (Å²) in [6, 6.07) is 4.85. The molecule has 0 radical (unpaired) electrons. The van der Waals surface area contributed by atoms with Gasteiger partial charge in [0, 0.05) is 17.7 Å². The second-order valence-corrected chi connectivity index (χ2v) is 3.73. The van der Waals surface area contributed by atoms with Crippen molar-refractivity contribution in [3.05, 3.63) is 40.9 Å². The fourth-order valence-electron chi connectivity index (χ4n) is 1.65. The van der Waals surface area contributed by atoms with Crippen LogP contribution in [0.4, 0.5) is 4.39 Å². The minimum atomic E-state index is -0.224. The van der Waals surface area contributed by atoms with E-state index < -0.39 is 0 Å². The Morgan fingerprint density at radius 1 is 1.38 bits per heavy atom. The van der Waals surface area contributed by atoms with Crippen molar-refractivity contribution in [2.45, 2.75) is 20.4 Å². The van der Waals surface area contributed by atoms with E-state index in [-0.39, 0.29) is 5.82 Å². The molecular formula is C12H13FN2O. The lowest BCUT2D eigenvalue weighted by atomic mass is 10.0. The molecule has 0 aliphatic rings. The van der Waals surface area contributed by atoms with Gasteiger partial charge in [0.25, 0.3) is 0 Å². The monoisotopic (exact) mass is 220 g/mol. The zero-order valence-electron chi connectivity index (χ0n) is 9.25. The van der Waals surface area contributed by atoms with Gasteiger partial charge in [-0.2, -0.15) is 0 Å². The van der Waals surface area contributed by atoms with E-state index in [1.807, 2.05) is 6.92 Å². The Bertz CT molecular complexity index is 520. The third-order valence-corrected chi connectivity index (χ3v) is 2.62. The SMILES string of the molecule is Cc1cc(-c2noc(C)c2CN)ccc1F. The van der Waals surface area contributed by atoms with Crippen LogP contribution >= 0.6 is 0 Å². The van der Waals surface area contributed by atoms with Gasteiger partial charge in [0.05, 0.1) is 0 Å². The first kappa shape index (κ1) is 10.8. The van der Waals surface area contributed by atoms with Crippen LogP contribution in [-0.4, -0.2) is 5.16 Å². The van der Waals surface area contributed by atoms with Crippen LogP contribution in [0.15, 0.2) is 22.7 Å². The number of nitrogens with zero attached hydrogens (tertiary/aromatic N) is 1. The molecule has 2 N–H and O–H groups in total. The Kier molecular flexibility index (Phi) is 2.75. The van der Waals surface area contributed by atoms with Crippen LogP contribution in [0.5, 0.6) is 0 Å². The summed E-state index contributed by atoms with van der Waals surface area (Å²) in [4.78, 5) is 0. The Morgan fingerprint density at radius 2 is 2.12 bits per heavy atom. The van der Waals surface area contributed by atoms with Crippen LogP contribution in [0.2, 0.25) is 0 Å². The zero-order chi connectivity index (χ0) is 11.7. The maximum atomic E-state index is 13.1. The summed E-state index contributed by atoms with van der Waals surface area (Å²) in [7, 11) is 0. The van der Waals surface area contributed by atoms with Crippen molar-refractivity contribution < 1.29 is 8.91 Å². The molecule has 0 atom stereocenters. The number of aryl methyl sites for hydroxylation is 2. The van der Waals surface area contributed by atoms with Crippen LogP contribution in [-0.2, 0) is 6.54 Å². The zero-order valence-corrected chi connectivity index (χ0v) is 9.25. The normalized spacial score (nSPS) is 10.8. The molecule has 16 heavy (non-hydrogen) atoms. The smallest absolute Gasteiger partial charge is 0.138 e. The summed E-state index contributed by atoms with van der Waals surface area (Å²) in [5.74, 6) is 0.484. The maximum absolute atomic E-state index is 13.1. The molecule has 0 aliphatic carbocycles. The predicted octanol–water partition coefficient (Wildman–Crippen LogP) is 2.56. The standard InChI is InChI=1S/C12H13FN2O/c1-7-5-9(3-4-11(7)13)12-10(6-14)8(2)16-15-12/h3-5H,6,14H2,1-2H3. The molecular weight excluding hydrogens is 207 g/mol. The molecule has 3 nitrogen and oxygen atoms in total. The van der Waals surface area contributed by atoms with Crippen LogP contribution < -0.4 is 5.73 Å². The van der Waals surface area contributed by atoms with Crippen molar-refractivity contribution in [2.75, 3.05) is 0 Å². The fraction of sp³-hybridized carbons (Fsp3) is 0.250. The van der Waals surface area contributed by atoms with Crippen molar-refractivity contribution in [3.63, 3.8) is 0 Å². The van der Waals surface area contributed by atoms with Gasteiger partial charge in [-0.15, -0.1) is 0 Å². The molecule has 0 unspecified atom stereocenters. The second kappa shape index (κ2) is 4.06. The van der Waals surface area contributed by atoms with Crippen molar-refractivity contribution >= 4 is 0 Å². The maximum Gasteiger partial charge on any atom is 0.138 e. The van der Waals surface area contributed by atoms with Crippen molar-refractivity contribution in [1.82, 2.24) is 5.16 Å². The first-order chi connectivity index (χ1) is 7.63. The molecule has 4 heteroatoms. The van der Waals surface area contributed by atoms with Crippen LogP contribution in [0.1, 0.15) is 16.9 Å². The van der Waals surface area contributed by atoms with Gasteiger partial charge in [-0.25, -0.2) is 4.39 Å². The largest absolute Gasteiger partial charge is 0.361 e. The van der Waals surface area contributed by atoms with Gasteiger partial charge in [0.1, 0.15) is 17.3 Å². The first-order valence-corrected chi connectivity index (χ1v) is 5.05. The van der Waals surface area contributed by atoms with E-state index in [1.54, 1.807) is 19.1 Å². The van der Waals surface area contributed by atoms with Crippen LogP contribution in [0.3, 0.4) is 0 Å². The molecule has 0 saturated heterocycles. The molecule has 0 spiro atoms. The quantitative estimate of drug-likeness (QED) is 0.846. The Labute approximate surface area is 93.1 Å². The summed E-state index contributed by atoms with van der Waals surface area (Å²) < 4.78 is 18.2. The number of hydrogen-bond donors (Lipinski definition) is 1. The second-order valence-electron chi connectivity index (χ2n) is 3.73. The van der Waals surface area contributed by atoms with E-state index in [9.17, 15) is 4.39 Å². The topological polar surface area (TPSA) is 52.0 Å². The summed E-state index contributed by atoms with van der Waals surface area (Å²) in [5, 5.41) is 3.95. The van der Waals surface area contributed by atoms with Crippen molar-refractivity contribution in [2.24, 2.45) is 5.73 Å². The van der Waals surface area contributed by atoms with Crippen LogP contribution in [0.25, 0.3) is 11.3 Å². The Balaban J connectivity index is 2.54. The molecule has 2 aromatic rings. The molecule has 84 valence electrons. The van der Waals surface area contributed by atoms with Crippen LogP contribution in [0, 0.1) is 19.7 Å². The third kappa shape index (κ3) is 1.72. The van der Waals surface area contributed by atoms with E-state index >= 15 is 0 Å². The highest BCUT2D eigenvalue weighted by Gasteiger charge is 2.13. The minimum absolute atomic E-state index is 0.224. The average molecular weight is 220 g/mol. The molecule has 1 aromatic heterocycles. The lowest BCUT2D eigenvalue weighted by Crippen LogP contribution is -1.99. The lowest BCUT2D eigenvalue weighted by molar-refractivity contribution is 0.398. The predicted molar refractivity (Wildman–Crippen MR) is 59.3 cm³/mol. The van der Waals surface area contributed by atoms with Gasteiger partial charge >= 0.3 is 0 Å². The molecule has 0 saturated carbocycles. The van der Waals surface area contributed by atoms with E-state index in [0.29, 0.717) is 23.6 Å². The Morgan fingerprint density at radius 3 is 2.75 bits per heavy atom. The van der Waals surface area contributed by atoms with Gasteiger partial charge in [-0.1, -0.05) is 5.16 Å². The number of nitrogens with two attached hydrogens (primary N) is 1. The molecule has 0 fully saturated rings. The highest BCUT2D eigenvalue weighted by atomic mass is 19.1. The highest BCUT2D eigenvalue weighted by Crippen LogP contribution is 2.26. The minimum Gasteiger partial charge on any atom is -0.361 e. The highest BCUT2D eigenvalue weighted by molar-refractivity contribution is 5.64. The fourth-order valence-corrected chi connectivity index (χ4v) is 1.65. The molecule has 2 rings (SSSR count).